The topological polar surface area (TPSA) is 66.8 Å². The second-order valence-corrected chi connectivity index (χ2v) is 4.83. The summed E-state index contributed by atoms with van der Waals surface area (Å²) in [7, 11) is 0. The highest BCUT2D eigenvalue weighted by atomic mass is 16.5. The van der Waals surface area contributed by atoms with Crippen LogP contribution in [0.25, 0.3) is 0 Å². The molecule has 2 atom stereocenters. The minimum Gasteiger partial charge on any atom is -0.466 e. The van der Waals surface area contributed by atoms with Gasteiger partial charge in [0.15, 0.2) is 0 Å². The van der Waals surface area contributed by atoms with Crippen LogP contribution in [0.15, 0.2) is 12.1 Å². The molecule has 106 valence electrons. The second kappa shape index (κ2) is 6.68. The van der Waals surface area contributed by atoms with Gasteiger partial charge in [-0.1, -0.05) is 17.7 Å². The van der Waals surface area contributed by atoms with Gasteiger partial charge < -0.3 is 14.9 Å². The third-order valence-electron chi connectivity index (χ3n) is 3.08. The van der Waals surface area contributed by atoms with E-state index in [0.29, 0.717) is 5.56 Å². The highest BCUT2D eigenvalue weighted by Crippen LogP contribution is 2.27. The van der Waals surface area contributed by atoms with E-state index in [1.165, 1.54) is 0 Å². The minimum atomic E-state index is -1.15. The summed E-state index contributed by atoms with van der Waals surface area (Å²) in [6.45, 7) is 7.72. The lowest BCUT2D eigenvalue weighted by Crippen LogP contribution is -2.24. The van der Waals surface area contributed by atoms with E-state index in [1.54, 1.807) is 6.92 Å². The molecular formula is C15H22O4. The largest absolute Gasteiger partial charge is 0.466 e. The van der Waals surface area contributed by atoms with Crippen molar-refractivity contribution < 1.29 is 19.7 Å². The van der Waals surface area contributed by atoms with Crippen LogP contribution in [0.1, 0.15) is 41.7 Å². The number of carbonyl (C=O) groups excluding carboxylic acids is 1. The fourth-order valence-electron chi connectivity index (χ4n) is 2.35. The molecule has 4 nitrogen and oxygen atoms in total. The Morgan fingerprint density at radius 3 is 2.21 bits per heavy atom. The zero-order chi connectivity index (χ0) is 14.6. The van der Waals surface area contributed by atoms with Crippen LogP contribution in [0.4, 0.5) is 0 Å². The third kappa shape index (κ3) is 4.04. The number of rotatable bonds is 5. The Hall–Kier alpha value is -1.39. The molecule has 4 heteroatoms. The SMILES string of the molecule is CCOC(=O)CC(O)C(O)c1c(C)cc(C)cc1C. The van der Waals surface area contributed by atoms with Gasteiger partial charge in [-0.2, -0.15) is 0 Å². The highest BCUT2D eigenvalue weighted by molar-refractivity contribution is 5.70. The summed E-state index contributed by atoms with van der Waals surface area (Å²) in [4.78, 5) is 11.3. The summed E-state index contributed by atoms with van der Waals surface area (Å²) in [5.74, 6) is -0.503. The van der Waals surface area contributed by atoms with E-state index >= 15 is 0 Å². The number of aryl methyl sites for hydroxylation is 3. The summed E-state index contributed by atoms with van der Waals surface area (Å²) in [5, 5.41) is 20.1. The maximum Gasteiger partial charge on any atom is 0.308 e. The average Bonchev–Trinajstić information content (AvgIpc) is 2.27. The van der Waals surface area contributed by atoms with E-state index < -0.39 is 18.2 Å². The maximum atomic E-state index is 11.3. The van der Waals surface area contributed by atoms with Gasteiger partial charge in [0.2, 0.25) is 0 Å². The first-order valence-electron chi connectivity index (χ1n) is 6.46. The number of aliphatic hydroxyl groups is 2. The Labute approximate surface area is 114 Å². The van der Waals surface area contributed by atoms with Crippen LogP contribution in [0.3, 0.4) is 0 Å². The zero-order valence-electron chi connectivity index (χ0n) is 11.9. The van der Waals surface area contributed by atoms with Gasteiger partial charge >= 0.3 is 5.97 Å². The van der Waals surface area contributed by atoms with Crippen LogP contribution in [0.2, 0.25) is 0 Å². The summed E-state index contributed by atoms with van der Waals surface area (Å²) in [6.07, 6.45) is -2.44. The van der Waals surface area contributed by atoms with Crippen molar-refractivity contribution in [1.29, 1.82) is 0 Å². The smallest absolute Gasteiger partial charge is 0.308 e. The van der Waals surface area contributed by atoms with Crippen LogP contribution in [0.5, 0.6) is 0 Å². The molecule has 1 aromatic rings. The lowest BCUT2D eigenvalue weighted by molar-refractivity contribution is -0.147. The van der Waals surface area contributed by atoms with E-state index in [9.17, 15) is 15.0 Å². The van der Waals surface area contributed by atoms with E-state index in [1.807, 2.05) is 32.9 Å². The Morgan fingerprint density at radius 1 is 1.21 bits per heavy atom. The van der Waals surface area contributed by atoms with Crippen molar-refractivity contribution in [2.24, 2.45) is 0 Å². The van der Waals surface area contributed by atoms with Crippen LogP contribution < -0.4 is 0 Å². The summed E-state index contributed by atoms with van der Waals surface area (Å²) in [5.41, 5.74) is 3.61. The first kappa shape index (κ1) is 15.7. The quantitative estimate of drug-likeness (QED) is 0.799. The zero-order valence-corrected chi connectivity index (χ0v) is 11.9. The molecule has 0 saturated carbocycles. The predicted octanol–water partition coefficient (Wildman–Crippen LogP) is 1.96. The molecule has 2 unspecified atom stereocenters. The highest BCUT2D eigenvalue weighted by Gasteiger charge is 2.24. The predicted molar refractivity (Wildman–Crippen MR) is 72.9 cm³/mol. The molecule has 1 aromatic carbocycles. The number of carbonyl (C=O) groups is 1. The number of benzene rings is 1. The maximum absolute atomic E-state index is 11.3. The van der Waals surface area contributed by atoms with Crippen molar-refractivity contribution in [3.8, 4) is 0 Å². The standard InChI is InChI=1S/C15H22O4/c1-5-19-13(17)8-12(16)15(18)14-10(3)6-9(2)7-11(14)4/h6-7,12,15-16,18H,5,8H2,1-4H3. The van der Waals surface area contributed by atoms with Crippen molar-refractivity contribution in [1.82, 2.24) is 0 Å². The van der Waals surface area contributed by atoms with E-state index in [2.05, 4.69) is 0 Å². The number of aliphatic hydroxyl groups excluding tert-OH is 2. The molecule has 1 rings (SSSR count). The van der Waals surface area contributed by atoms with Crippen LogP contribution >= 0.6 is 0 Å². The van der Waals surface area contributed by atoms with Gasteiger partial charge in [0.05, 0.1) is 19.1 Å². The van der Waals surface area contributed by atoms with Gasteiger partial charge in [0.25, 0.3) is 0 Å². The van der Waals surface area contributed by atoms with E-state index in [0.717, 1.165) is 16.7 Å². The van der Waals surface area contributed by atoms with Gasteiger partial charge in [-0.05, 0) is 44.4 Å². The summed E-state index contributed by atoms with van der Waals surface area (Å²) >= 11 is 0. The molecule has 0 fully saturated rings. The molecule has 0 spiro atoms. The molecule has 0 bridgehead atoms. The Morgan fingerprint density at radius 2 is 1.74 bits per heavy atom. The molecule has 0 aliphatic rings. The second-order valence-electron chi connectivity index (χ2n) is 4.83. The normalized spacial score (nSPS) is 14.0. The molecule has 2 N–H and O–H groups in total. The molecule has 0 heterocycles. The van der Waals surface area contributed by atoms with Crippen molar-refractivity contribution >= 4 is 5.97 Å². The molecule has 0 radical (unpaired) electrons. The van der Waals surface area contributed by atoms with Crippen molar-refractivity contribution in [2.45, 2.75) is 46.3 Å². The Balaban J connectivity index is 2.88. The van der Waals surface area contributed by atoms with Crippen LogP contribution in [-0.4, -0.2) is 28.9 Å². The van der Waals surface area contributed by atoms with Gasteiger partial charge in [-0.3, -0.25) is 4.79 Å². The van der Waals surface area contributed by atoms with Gasteiger partial charge in [-0.15, -0.1) is 0 Å². The van der Waals surface area contributed by atoms with Crippen molar-refractivity contribution in [3.05, 3.63) is 34.4 Å². The lowest BCUT2D eigenvalue weighted by Gasteiger charge is -2.21. The molecule has 0 aliphatic carbocycles. The van der Waals surface area contributed by atoms with Gasteiger partial charge in [0.1, 0.15) is 6.10 Å². The van der Waals surface area contributed by atoms with Crippen molar-refractivity contribution in [3.63, 3.8) is 0 Å². The molecule has 0 aromatic heterocycles. The van der Waals surface area contributed by atoms with Gasteiger partial charge in [0, 0.05) is 0 Å². The molecule has 0 saturated heterocycles. The number of hydrogen-bond donors (Lipinski definition) is 2. The van der Waals surface area contributed by atoms with E-state index in [-0.39, 0.29) is 13.0 Å². The number of ether oxygens (including phenoxy) is 1. The fourth-order valence-corrected chi connectivity index (χ4v) is 2.35. The monoisotopic (exact) mass is 266 g/mol. The van der Waals surface area contributed by atoms with Crippen LogP contribution in [-0.2, 0) is 9.53 Å². The van der Waals surface area contributed by atoms with Gasteiger partial charge in [-0.25, -0.2) is 0 Å². The van der Waals surface area contributed by atoms with Crippen molar-refractivity contribution in [2.75, 3.05) is 6.61 Å². The first-order valence-corrected chi connectivity index (χ1v) is 6.46. The Kier molecular flexibility index (Phi) is 5.51. The fraction of sp³-hybridized carbons (Fsp3) is 0.533. The number of esters is 1. The lowest BCUT2D eigenvalue weighted by atomic mass is 9.92. The third-order valence-corrected chi connectivity index (χ3v) is 3.08. The first-order chi connectivity index (χ1) is 8.86. The summed E-state index contributed by atoms with van der Waals surface area (Å²) < 4.78 is 4.77. The Bertz CT molecular complexity index is 430. The summed E-state index contributed by atoms with van der Waals surface area (Å²) in [6, 6.07) is 3.89. The molecule has 19 heavy (non-hydrogen) atoms. The average molecular weight is 266 g/mol. The van der Waals surface area contributed by atoms with Crippen LogP contribution in [0, 0.1) is 20.8 Å². The minimum absolute atomic E-state index is 0.207. The molecular weight excluding hydrogens is 244 g/mol. The molecule has 0 aliphatic heterocycles. The van der Waals surface area contributed by atoms with E-state index in [4.69, 9.17) is 4.74 Å². The number of hydrogen-bond acceptors (Lipinski definition) is 4. The molecule has 0 amide bonds.